The van der Waals surface area contributed by atoms with E-state index in [-0.39, 0.29) is 12.3 Å². The quantitative estimate of drug-likeness (QED) is 0.282. The number of para-hydroxylation sites is 1. The second-order valence-corrected chi connectivity index (χ2v) is 8.04. The number of imidazole rings is 1. The number of hydrogen-bond acceptors (Lipinski definition) is 8. The van der Waals surface area contributed by atoms with Gasteiger partial charge in [0.2, 0.25) is 23.6 Å². The fourth-order valence-corrected chi connectivity index (χ4v) is 3.75. The van der Waals surface area contributed by atoms with E-state index in [2.05, 4.69) is 35.7 Å². The summed E-state index contributed by atoms with van der Waals surface area (Å²) in [4.78, 5) is 28.9. The van der Waals surface area contributed by atoms with Crippen molar-refractivity contribution in [2.45, 2.75) is 26.7 Å². The van der Waals surface area contributed by atoms with Crippen LogP contribution in [0.25, 0.3) is 33.2 Å². The summed E-state index contributed by atoms with van der Waals surface area (Å²) >= 11 is 0. The van der Waals surface area contributed by atoms with Crippen LogP contribution in [0.3, 0.4) is 0 Å². The van der Waals surface area contributed by atoms with E-state index in [0.29, 0.717) is 36.6 Å². The van der Waals surface area contributed by atoms with Crippen molar-refractivity contribution in [3.8, 4) is 17.1 Å². The third-order valence-electron chi connectivity index (χ3n) is 5.40. The fraction of sp³-hybridized carbons (Fsp3) is 0.240. The standard InChI is InChI=1S/C25H25N7O3/c1-3-13-34-20-6-4-5-19-22(20)31-25(29-19)30-21(33)10-12-27-24-18-14-17(23-28-15(2)35-32-23)8-7-16(18)9-11-26-24/h4-9,11,14H,3,10,12-13H2,1-2H3,(H,26,27)(H2,29,30,31,33). The van der Waals surface area contributed by atoms with Crippen LogP contribution in [0.4, 0.5) is 11.8 Å². The summed E-state index contributed by atoms with van der Waals surface area (Å²) in [6, 6.07) is 13.4. The number of aromatic amines is 1. The molecule has 0 aliphatic rings. The summed E-state index contributed by atoms with van der Waals surface area (Å²) in [5.74, 6) is 2.64. The highest BCUT2D eigenvalue weighted by atomic mass is 16.5. The van der Waals surface area contributed by atoms with E-state index < -0.39 is 0 Å². The maximum Gasteiger partial charge on any atom is 0.228 e. The predicted molar refractivity (Wildman–Crippen MR) is 133 cm³/mol. The number of fused-ring (bicyclic) bond motifs is 2. The third-order valence-corrected chi connectivity index (χ3v) is 5.40. The van der Waals surface area contributed by atoms with Crippen LogP contribution in [0.15, 0.2) is 53.2 Å². The van der Waals surface area contributed by atoms with Gasteiger partial charge in [-0.15, -0.1) is 0 Å². The summed E-state index contributed by atoms with van der Waals surface area (Å²) in [6.07, 6.45) is 2.87. The first kappa shape index (κ1) is 22.3. The Kier molecular flexibility index (Phi) is 6.25. The van der Waals surface area contributed by atoms with E-state index in [1.165, 1.54) is 0 Å². The van der Waals surface area contributed by atoms with E-state index in [1.807, 2.05) is 49.4 Å². The number of amides is 1. The molecule has 5 aromatic rings. The van der Waals surface area contributed by atoms with E-state index in [4.69, 9.17) is 9.26 Å². The van der Waals surface area contributed by atoms with Gasteiger partial charge in [-0.3, -0.25) is 10.1 Å². The number of nitrogens with one attached hydrogen (secondary N) is 3. The summed E-state index contributed by atoms with van der Waals surface area (Å²) in [7, 11) is 0. The SMILES string of the molecule is CCCOc1cccc2nc(NC(=O)CCNc3nccc4ccc(-c5noc(C)n5)cc34)[nH]c12. The Bertz CT molecular complexity index is 1490. The number of benzene rings is 2. The molecule has 0 aliphatic carbocycles. The predicted octanol–water partition coefficient (Wildman–Crippen LogP) is 4.70. The molecular formula is C25H25N7O3. The molecule has 0 saturated carbocycles. The molecule has 0 bridgehead atoms. The van der Waals surface area contributed by atoms with Crippen molar-refractivity contribution < 1.29 is 14.1 Å². The van der Waals surface area contributed by atoms with Crippen molar-refractivity contribution in [2.75, 3.05) is 23.8 Å². The van der Waals surface area contributed by atoms with Gasteiger partial charge in [0.1, 0.15) is 17.1 Å². The number of ether oxygens (including phenoxy) is 1. The van der Waals surface area contributed by atoms with Crippen LogP contribution in [0.5, 0.6) is 5.75 Å². The van der Waals surface area contributed by atoms with Gasteiger partial charge in [-0.1, -0.05) is 30.3 Å². The van der Waals surface area contributed by atoms with Crippen LogP contribution in [0, 0.1) is 6.92 Å². The van der Waals surface area contributed by atoms with Crippen molar-refractivity contribution in [3.63, 3.8) is 0 Å². The molecule has 5 rings (SSSR count). The van der Waals surface area contributed by atoms with Crippen molar-refractivity contribution >= 4 is 39.5 Å². The average Bonchev–Trinajstić information content (AvgIpc) is 3.48. The fourth-order valence-electron chi connectivity index (χ4n) is 3.75. The monoisotopic (exact) mass is 471 g/mol. The Hall–Kier alpha value is -4.47. The lowest BCUT2D eigenvalue weighted by molar-refractivity contribution is -0.116. The van der Waals surface area contributed by atoms with Gasteiger partial charge in [-0.25, -0.2) is 9.97 Å². The Morgan fingerprint density at radius 3 is 2.91 bits per heavy atom. The maximum atomic E-state index is 12.6. The normalized spacial score (nSPS) is 11.1. The molecule has 0 spiro atoms. The molecule has 0 radical (unpaired) electrons. The Morgan fingerprint density at radius 1 is 1.17 bits per heavy atom. The molecule has 0 fully saturated rings. The number of H-pyrrole nitrogens is 1. The topological polar surface area (TPSA) is 131 Å². The van der Waals surface area contributed by atoms with Crippen LogP contribution in [-0.2, 0) is 4.79 Å². The number of carbonyl (C=O) groups excluding carboxylic acids is 1. The van der Waals surface area contributed by atoms with Crippen LogP contribution in [0.1, 0.15) is 25.7 Å². The molecule has 10 heteroatoms. The summed E-state index contributed by atoms with van der Waals surface area (Å²) in [6.45, 7) is 4.81. The van der Waals surface area contributed by atoms with Crippen LogP contribution < -0.4 is 15.4 Å². The molecule has 3 aromatic heterocycles. The first-order chi connectivity index (χ1) is 17.1. The molecular weight excluding hydrogens is 446 g/mol. The van der Waals surface area contributed by atoms with Crippen molar-refractivity contribution in [3.05, 3.63) is 54.6 Å². The number of anilines is 2. The second kappa shape index (κ2) is 9.80. The highest BCUT2D eigenvalue weighted by Crippen LogP contribution is 2.27. The maximum absolute atomic E-state index is 12.6. The molecule has 10 nitrogen and oxygen atoms in total. The van der Waals surface area contributed by atoms with Crippen LogP contribution >= 0.6 is 0 Å². The molecule has 178 valence electrons. The minimum atomic E-state index is -0.171. The largest absolute Gasteiger partial charge is 0.491 e. The van der Waals surface area contributed by atoms with E-state index in [1.54, 1.807) is 13.1 Å². The van der Waals surface area contributed by atoms with Crippen molar-refractivity contribution in [2.24, 2.45) is 0 Å². The molecule has 0 saturated heterocycles. The van der Waals surface area contributed by atoms with Gasteiger partial charge in [0, 0.05) is 37.0 Å². The van der Waals surface area contributed by atoms with Crippen molar-refractivity contribution in [1.29, 1.82) is 0 Å². The second-order valence-electron chi connectivity index (χ2n) is 8.04. The van der Waals surface area contributed by atoms with Crippen LogP contribution in [-0.4, -0.2) is 44.2 Å². The molecule has 0 unspecified atom stereocenters. The number of rotatable bonds is 9. The summed E-state index contributed by atoms with van der Waals surface area (Å²) < 4.78 is 10.9. The minimum Gasteiger partial charge on any atom is -0.491 e. The lowest BCUT2D eigenvalue weighted by Gasteiger charge is -2.09. The van der Waals surface area contributed by atoms with Gasteiger partial charge in [0.05, 0.1) is 12.1 Å². The number of hydrogen-bond donors (Lipinski definition) is 3. The number of carbonyl (C=O) groups is 1. The lowest BCUT2D eigenvalue weighted by Crippen LogP contribution is -2.17. The number of aryl methyl sites for hydroxylation is 1. The number of nitrogens with zero attached hydrogens (tertiary/aromatic N) is 4. The zero-order chi connectivity index (χ0) is 24.2. The first-order valence-corrected chi connectivity index (χ1v) is 11.5. The van der Waals surface area contributed by atoms with Crippen molar-refractivity contribution in [1.82, 2.24) is 25.1 Å². The van der Waals surface area contributed by atoms with Gasteiger partial charge < -0.3 is 19.6 Å². The minimum absolute atomic E-state index is 0.171. The van der Waals surface area contributed by atoms with Gasteiger partial charge in [0.25, 0.3) is 0 Å². The molecule has 3 heterocycles. The van der Waals surface area contributed by atoms with Gasteiger partial charge in [-0.05, 0) is 36.1 Å². The highest BCUT2D eigenvalue weighted by molar-refractivity contribution is 5.95. The van der Waals surface area contributed by atoms with E-state index >= 15 is 0 Å². The van der Waals surface area contributed by atoms with Crippen LogP contribution in [0.2, 0.25) is 0 Å². The Morgan fingerprint density at radius 2 is 2.09 bits per heavy atom. The smallest absolute Gasteiger partial charge is 0.228 e. The Labute approximate surface area is 201 Å². The number of aromatic nitrogens is 5. The molecule has 35 heavy (non-hydrogen) atoms. The zero-order valence-corrected chi connectivity index (χ0v) is 19.5. The van der Waals surface area contributed by atoms with E-state index in [9.17, 15) is 4.79 Å². The Balaban J connectivity index is 1.24. The molecule has 2 aromatic carbocycles. The lowest BCUT2D eigenvalue weighted by atomic mass is 10.1. The summed E-state index contributed by atoms with van der Waals surface area (Å²) in [5, 5.41) is 12.0. The molecule has 0 aliphatic heterocycles. The van der Waals surface area contributed by atoms with Gasteiger partial charge in [-0.2, -0.15) is 4.98 Å². The third kappa shape index (κ3) is 4.91. The highest BCUT2D eigenvalue weighted by Gasteiger charge is 2.12. The molecule has 1 amide bonds. The summed E-state index contributed by atoms with van der Waals surface area (Å²) in [5.41, 5.74) is 2.33. The first-order valence-electron chi connectivity index (χ1n) is 11.5. The van der Waals surface area contributed by atoms with Gasteiger partial charge >= 0.3 is 0 Å². The van der Waals surface area contributed by atoms with E-state index in [0.717, 1.165) is 39.5 Å². The molecule has 0 atom stereocenters. The number of pyridine rings is 1. The average molecular weight is 472 g/mol. The van der Waals surface area contributed by atoms with Gasteiger partial charge in [0.15, 0.2) is 0 Å². The molecule has 3 N–H and O–H groups in total. The zero-order valence-electron chi connectivity index (χ0n) is 19.5.